The fourth-order valence-corrected chi connectivity index (χ4v) is 8.88. The molecule has 11 rings (SSSR count). The Kier molecular flexibility index (Phi) is 7.64. The summed E-state index contributed by atoms with van der Waals surface area (Å²) in [6, 6.07) is 65.7. The predicted octanol–water partition coefficient (Wildman–Crippen LogP) is 14.1. The summed E-state index contributed by atoms with van der Waals surface area (Å²) < 4.78 is 9.24. The first-order chi connectivity index (χ1) is 27.7. The van der Waals surface area contributed by atoms with Gasteiger partial charge in [0, 0.05) is 53.2 Å². The summed E-state index contributed by atoms with van der Waals surface area (Å²) in [6.45, 7) is 0. The fraction of sp³-hybridized carbons (Fsp3) is 0. The molecule has 0 bridgehead atoms. The van der Waals surface area contributed by atoms with Crippen LogP contribution in [0.3, 0.4) is 0 Å². The number of rotatable bonds is 6. The van der Waals surface area contributed by atoms with Crippen LogP contribution in [0.1, 0.15) is 0 Å². The summed E-state index contributed by atoms with van der Waals surface area (Å²) in [5, 5.41) is 4.66. The second-order valence-corrected chi connectivity index (χ2v) is 15.1. The molecule has 0 aliphatic rings. The van der Waals surface area contributed by atoms with Crippen molar-refractivity contribution in [3.05, 3.63) is 188 Å². The van der Waals surface area contributed by atoms with Gasteiger partial charge in [-0.3, -0.25) is 0 Å². The minimum absolute atomic E-state index is 0.598. The summed E-state index contributed by atoms with van der Waals surface area (Å²) in [7, 11) is 0. The van der Waals surface area contributed by atoms with Gasteiger partial charge in [-0.05, 0) is 64.2 Å². The average molecular weight is 734 g/mol. The van der Waals surface area contributed by atoms with Crippen molar-refractivity contribution >= 4 is 53.4 Å². The Morgan fingerprint density at radius 1 is 0.321 bits per heavy atom. The molecule has 262 valence electrons. The lowest BCUT2D eigenvalue weighted by atomic mass is 9.95. The highest BCUT2D eigenvalue weighted by atomic mass is 32.1. The maximum atomic E-state index is 6.65. The fourth-order valence-electron chi connectivity index (χ4n) is 7.74. The van der Waals surface area contributed by atoms with Crippen LogP contribution in [0.25, 0.3) is 110 Å². The van der Waals surface area contributed by atoms with Crippen LogP contribution in [0.2, 0.25) is 0 Å². The van der Waals surface area contributed by atoms with Crippen molar-refractivity contribution in [3.8, 4) is 67.5 Å². The Bertz CT molecular complexity index is 3240. The molecule has 0 unspecified atom stereocenters. The molecular formula is C51H31N3OS. The number of para-hydroxylation sites is 1. The second-order valence-electron chi connectivity index (χ2n) is 14.0. The predicted molar refractivity (Wildman–Crippen MR) is 233 cm³/mol. The third-order valence-corrected chi connectivity index (χ3v) is 11.7. The molecule has 0 N–H and O–H groups in total. The molecule has 3 heterocycles. The van der Waals surface area contributed by atoms with Crippen molar-refractivity contribution in [1.29, 1.82) is 0 Å². The maximum absolute atomic E-state index is 6.65. The Morgan fingerprint density at radius 3 is 1.64 bits per heavy atom. The van der Waals surface area contributed by atoms with Gasteiger partial charge >= 0.3 is 0 Å². The smallest absolute Gasteiger partial charge is 0.164 e. The van der Waals surface area contributed by atoms with Crippen LogP contribution in [-0.2, 0) is 0 Å². The van der Waals surface area contributed by atoms with Gasteiger partial charge in [-0.2, -0.15) is 0 Å². The van der Waals surface area contributed by atoms with Crippen LogP contribution >= 0.6 is 11.3 Å². The molecule has 8 aromatic carbocycles. The summed E-state index contributed by atoms with van der Waals surface area (Å²) in [5.74, 6) is 1.83. The van der Waals surface area contributed by atoms with Crippen LogP contribution in [0.4, 0.5) is 0 Å². The van der Waals surface area contributed by atoms with Gasteiger partial charge in [0.1, 0.15) is 11.2 Å². The zero-order valence-corrected chi connectivity index (χ0v) is 30.9. The Balaban J connectivity index is 1.08. The van der Waals surface area contributed by atoms with Gasteiger partial charge in [0.2, 0.25) is 0 Å². The molecule has 56 heavy (non-hydrogen) atoms. The first-order valence-electron chi connectivity index (χ1n) is 18.7. The van der Waals surface area contributed by atoms with Crippen molar-refractivity contribution in [2.75, 3.05) is 0 Å². The first-order valence-corrected chi connectivity index (χ1v) is 19.5. The van der Waals surface area contributed by atoms with Crippen LogP contribution in [0.15, 0.2) is 192 Å². The molecule has 5 heteroatoms. The number of hydrogen-bond donors (Lipinski definition) is 0. The monoisotopic (exact) mass is 733 g/mol. The molecule has 0 aliphatic carbocycles. The molecule has 0 saturated carbocycles. The second kappa shape index (κ2) is 13.3. The highest BCUT2D eigenvalue weighted by molar-refractivity contribution is 7.25. The normalized spacial score (nSPS) is 11.6. The van der Waals surface area contributed by atoms with E-state index in [1.807, 2.05) is 59.9 Å². The van der Waals surface area contributed by atoms with E-state index in [0.717, 1.165) is 60.9 Å². The van der Waals surface area contributed by atoms with Crippen LogP contribution in [-0.4, -0.2) is 15.0 Å². The molecule has 0 saturated heterocycles. The van der Waals surface area contributed by atoms with E-state index in [2.05, 4.69) is 140 Å². The number of furan rings is 1. The van der Waals surface area contributed by atoms with Crippen molar-refractivity contribution in [2.24, 2.45) is 0 Å². The van der Waals surface area contributed by atoms with E-state index in [9.17, 15) is 0 Å². The molecule has 0 spiro atoms. The Hall–Kier alpha value is -7.21. The topological polar surface area (TPSA) is 51.8 Å². The van der Waals surface area contributed by atoms with E-state index in [4.69, 9.17) is 19.4 Å². The van der Waals surface area contributed by atoms with Crippen molar-refractivity contribution in [3.63, 3.8) is 0 Å². The number of benzene rings is 8. The molecule has 0 atom stereocenters. The number of thiophene rings is 1. The molecule has 0 aliphatic heterocycles. The molecule has 0 fully saturated rings. The lowest BCUT2D eigenvalue weighted by molar-refractivity contribution is 0.670. The highest BCUT2D eigenvalue weighted by Gasteiger charge is 2.19. The van der Waals surface area contributed by atoms with Gasteiger partial charge in [0.15, 0.2) is 17.5 Å². The molecular weight excluding hydrogens is 703 g/mol. The van der Waals surface area contributed by atoms with E-state index in [1.165, 1.54) is 31.3 Å². The maximum Gasteiger partial charge on any atom is 0.164 e. The zero-order valence-electron chi connectivity index (χ0n) is 30.1. The lowest BCUT2D eigenvalue weighted by Gasteiger charge is -2.12. The molecule has 3 aromatic heterocycles. The number of nitrogens with zero attached hydrogens (tertiary/aromatic N) is 3. The molecule has 0 radical (unpaired) electrons. The summed E-state index contributed by atoms with van der Waals surface area (Å²) in [5.41, 5.74) is 11.1. The number of hydrogen-bond acceptors (Lipinski definition) is 5. The van der Waals surface area contributed by atoms with E-state index in [1.54, 1.807) is 0 Å². The largest absolute Gasteiger partial charge is 0.455 e. The van der Waals surface area contributed by atoms with Gasteiger partial charge in [0.05, 0.1) is 0 Å². The van der Waals surface area contributed by atoms with Crippen LogP contribution < -0.4 is 0 Å². The highest BCUT2D eigenvalue weighted by Crippen LogP contribution is 2.41. The third kappa shape index (κ3) is 5.65. The van der Waals surface area contributed by atoms with Crippen LogP contribution in [0.5, 0.6) is 0 Å². The minimum atomic E-state index is 0.598. The number of fused-ring (bicyclic) bond motifs is 6. The van der Waals surface area contributed by atoms with Crippen molar-refractivity contribution in [2.45, 2.75) is 0 Å². The molecule has 4 nitrogen and oxygen atoms in total. The van der Waals surface area contributed by atoms with Crippen LogP contribution in [0, 0.1) is 0 Å². The summed E-state index contributed by atoms with van der Waals surface area (Å²) >= 11 is 1.84. The summed E-state index contributed by atoms with van der Waals surface area (Å²) in [4.78, 5) is 15.3. The van der Waals surface area contributed by atoms with E-state index >= 15 is 0 Å². The molecule has 11 aromatic rings. The third-order valence-electron chi connectivity index (χ3n) is 10.5. The van der Waals surface area contributed by atoms with Crippen molar-refractivity contribution < 1.29 is 4.42 Å². The van der Waals surface area contributed by atoms with Gasteiger partial charge in [-0.1, -0.05) is 152 Å². The van der Waals surface area contributed by atoms with Gasteiger partial charge in [-0.25, -0.2) is 15.0 Å². The summed E-state index contributed by atoms with van der Waals surface area (Å²) in [6.07, 6.45) is 0. The average Bonchev–Trinajstić information content (AvgIpc) is 3.85. The standard InChI is InChI=1S/C51H31N3OS/c1-3-12-32(13-4-1)33-22-24-35(25-23-33)50-52-49(34-14-5-2-6-15-34)53-51(54-50)39-29-43(48-44(30-39)40-18-7-9-20-45(40)55-48)38-17-11-16-36(28-38)37-26-27-42-41-19-8-10-21-46(41)56-47(42)31-37/h1-31H. The molecule has 0 amide bonds. The Morgan fingerprint density at radius 2 is 0.857 bits per heavy atom. The van der Waals surface area contributed by atoms with E-state index in [0.29, 0.717) is 17.5 Å². The Labute approximate surface area is 327 Å². The van der Waals surface area contributed by atoms with Gasteiger partial charge in [0.25, 0.3) is 0 Å². The van der Waals surface area contributed by atoms with E-state index in [-0.39, 0.29) is 0 Å². The quantitative estimate of drug-likeness (QED) is 0.171. The first kappa shape index (κ1) is 32.2. The lowest BCUT2D eigenvalue weighted by Crippen LogP contribution is -2.00. The van der Waals surface area contributed by atoms with Gasteiger partial charge < -0.3 is 4.42 Å². The zero-order chi connectivity index (χ0) is 37.0. The minimum Gasteiger partial charge on any atom is -0.455 e. The SMILES string of the molecule is c1ccc(-c2ccc(-c3nc(-c4ccccc4)nc(-c4cc(-c5cccc(-c6ccc7c(c6)sc6ccccc67)c5)c5oc6ccccc6c5c4)n3)cc2)cc1. The van der Waals surface area contributed by atoms with Crippen molar-refractivity contribution in [1.82, 2.24) is 15.0 Å². The van der Waals surface area contributed by atoms with E-state index < -0.39 is 0 Å². The van der Waals surface area contributed by atoms with Gasteiger partial charge in [-0.15, -0.1) is 11.3 Å². The number of aromatic nitrogens is 3.